The number of hydrogen-bond acceptors (Lipinski definition) is 5. The quantitative estimate of drug-likeness (QED) is 0.201. The van der Waals surface area contributed by atoms with Crippen molar-refractivity contribution in [3.05, 3.63) is 75.8 Å². The van der Waals surface area contributed by atoms with Gasteiger partial charge in [-0.25, -0.2) is 0 Å². The maximum absolute atomic E-state index is 14.8. The Hall–Kier alpha value is -3.17. The second kappa shape index (κ2) is 10.6. The van der Waals surface area contributed by atoms with Crippen molar-refractivity contribution >= 4 is 28.2 Å². The van der Waals surface area contributed by atoms with Crippen LogP contribution < -0.4 is 13.6 Å². The number of carbonyl (C=O) groups is 2. The standard InChI is InChI=1S/C34H44O5Si2/c1-20(2)37-26-19-25-28(32(22(26)4)39-41(11,12)34(5,6)7)31(36)29-24(30(25)35)18-21(3)27(23-16-14-13-15-17-23)33(29)38-40(8,9)10/h13-20H,1-12H3. The summed E-state index contributed by atoms with van der Waals surface area (Å²) >= 11 is 0. The molecule has 1 aliphatic rings. The van der Waals surface area contributed by atoms with Crippen LogP contribution >= 0.6 is 0 Å². The highest BCUT2D eigenvalue weighted by Crippen LogP contribution is 2.48. The minimum absolute atomic E-state index is 0.110. The van der Waals surface area contributed by atoms with E-state index in [0.717, 1.165) is 22.3 Å². The summed E-state index contributed by atoms with van der Waals surface area (Å²) in [6.45, 7) is 24.8. The predicted octanol–water partition coefficient (Wildman–Crippen LogP) is 9.13. The molecule has 0 aromatic heterocycles. The smallest absolute Gasteiger partial charge is 0.250 e. The molecule has 0 fully saturated rings. The second-order valence-electron chi connectivity index (χ2n) is 13.8. The van der Waals surface area contributed by atoms with Crippen LogP contribution in [0.25, 0.3) is 11.1 Å². The molecule has 0 unspecified atom stereocenters. The molecular weight excluding hydrogens is 545 g/mol. The number of carbonyl (C=O) groups excluding carboxylic acids is 2. The molecule has 218 valence electrons. The average molecular weight is 589 g/mol. The zero-order chi connectivity index (χ0) is 30.7. The van der Waals surface area contributed by atoms with Crippen molar-refractivity contribution in [1.82, 2.24) is 0 Å². The lowest BCUT2D eigenvalue weighted by Crippen LogP contribution is -2.44. The summed E-state index contributed by atoms with van der Waals surface area (Å²) in [5.41, 5.74) is 4.73. The highest BCUT2D eigenvalue weighted by Gasteiger charge is 2.44. The van der Waals surface area contributed by atoms with Gasteiger partial charge in [0.15, 0.2) is 5.78 Å². The van der Waals surface area contributed by atoms with Crippen LogP contribution in [0.3, 0.4) is 0 Å². The Morgan fingerprint density at radius 2 is 1.29 bits per heavy atom. The fraction of sp³-hybridized carbons (Fsp3) is 0.412. The van der Waals surface area contributed by atoms with Gasteiger partial charge in [-0.3, -0.25) is 9.59 Å². The first-order chi connectivity index (χ1) is 18.8. The molecule has 7 heteroatoms. The van der Waals surface area contributed by atoms with Crippen molar-refractivity contribution in [3.8, 4) is 28.4 Å². The van der Waals surface area contributed by atoms with E-state index < -0.39 is 16.6 Å². The monoisotopic (exact) mass is 588 g/mol. The van der Waals surface area contributed by atoms with E-state index in [0.29, 0.717) is 39.5 Å². The maximum Gasteiger partial charge on any atom is 0.250 e. The third-order valence-corrected chi connectivity index (χ3v) is 13.0. The number of fused-ring (bicyclic) bond motifs is 2. The SMILES string of the molecule is Cc1cc2c(c(O[Si](C)(C)C)c1-c1ccccc1)C(=O)c1c(cc(OC(C)C)c(C)c1O[Si](C)(C)C(C)(C)C)C2=O. The molecule has 0 radical (unpaired) electrons. The number of ketones is 2. The van der Waals surface area contributed by atoms with E-state index in [9.17, 15) is 9.59 Å². The lowest BCUT2D eigenvalue weighted by atomic mass is 9.79. The average Bonchev–Trinajstić information content (AvgIpc) is 2.83. The molecule has 0 saturated carbocycles. The Morgan fingerprint density at radius 1 is 0.732 bits per heavy atom. The lowest BCUT2D eigenvalue weighted by Gasteiger charge is -2.38. The molecule has 0 amide bonds. The molecule has 0 bridgehead atoms. The van der Waals surface area contributed by atoms with Crippen LogP contribution in [-0.4, -0.2) is 34.3 Å². The molecule has 0 spiro atoms. The van der Waals surface area contributed by atoms with E-state index in [2.05, 4.69) is 53.5 Å². The zero-order valence-corrected chi connectivity index (χ0v) is 28.7. The summed E-state index contributed by atoms with van der Waals surface area (Å²) in [7, 11) is -4.62. The summed E-state index contributed by atoms with van der Waals surface area (Å²) in [4.78, 5) is 29.1. The Balaban J connectivity index is 2.09. The van der Waals surface area contributed by atoms with Crippen LogP contribution in [-0.2, 0) is 0 Å². The highest BCUT2D eigenvalue weighted by atomic mass is 28.4. The molecule has 0 N–H and O–H groups in total. The van der Waals surface area contributed by atoms with Crippen molar-refractivity contribution in [2.24, 2.45) is 0 Å². The van der Waals surface area contributed by atoms with Crippen LogP contribution in [0, 0.1) is 13.8 Å². The van der Waals surface area contributed by atoms with Gasteiger partial charge in [-0.15, -0.1) is 0 Å². The van der Waals surface area contributed by atoms with Crippen LogP contribution in [0.15, 0.2) is 42.5 Å². The van der Waals surface area contributed by atoms with E-state index in [1.54, 1.807) is 6.07 Å². The van der Waals surface area contributed by atoms with Crippen molar-refractivity contribution in [1.29, 1.82) is 0 Å². The first-order valence-corrected chi connectivity index (χ1v) is 20.7. The Bertz CT molecular complexity index is 1520. The summed E-state index contributed by atoms with van der Waals surface area (Å²) in [6, 6.07) is 13.5. The Morgan fingerprint density at radius 3 is 1.83 bits per heavy atom. The molecular formula is C34H44O5Si2. The molecule has 0 saturated heterocycles. The Labute approximate surface area is 247 Å². The van der Waals surface area contributed by atoms with Crippen LogP contribution in [0.2, 0.25) is 37.8 Å². The topological polar surface area (TPSA) is 61.8 Å². The van der Waals surface area contributed by atoms with E-state index in [-0.39, 0.29) is 22.7 Å². The van der Waals surface area contributed by atoms with Gasteiger partial charge in [0.2, 0.25) is 14.1 Å². The van der Waals surface area contributed by atoms with Crippen molar-refractivity contribution in [3.63, 3.8) is 0 Å². The minimum atomic E-state index is -2.41. The third kappa shape index (κ3) is 5.79. The molecule has 41 heavy (non-hydrogen) atoms. The van der Waals surface area contributed by atoms with Gasteiger partial charge >= 0.3 is 0 Å². The molecule has 0 aliphatic heterocycles. The Kier molecular flexibility index (Phi) is 7.95. The second-order valence-corrected chi connectivity index (χ2v) is 23.0. The van der Waals surface area contributed by atoms with E-state index >= 15 is 0 Å². The van der Waals surface area contributed by atoms with E-state index in [1.165, 1.54) is 0 Å². The number of hydrogen-bond donors (Lipinski definition) is 0. The largest absolute Gasteiger partial charge is 0.543 e. The number of aryl methyl sites for hydroxylation is 1. The van der Waals surface area contributed by atoms with Crippen LogP contribution in [0.1, 0.15) is 77.6 Å². The molecule has 0 heterocycles. The minimum Gasteiger partial charge on any atom is -0.543 e. The van der Waals surface area contributed by atoms with Crippen molar-refractivity contribution in [2.45, 2.75) is 92.3 Å². The molecule has 3 aromatic carbocycles. The van der Waals surface area contributed by atoms with Gasteiger partial charge < -0.3 is 13.6 Å². The van der Waals surface area contributed by atoms with Gasteiger partial charge in [0.1, 0.15) is 17.2 Å². The van der Waals surface area contributed by atoms with E-state index in [4.69, 9.17) is 13.6 Å². The number of benzene rings is 3. The van der Waals surface area contributed by atoms with Gasteiger partial charge in [-0.05, 0) is 88.7 Å². The molecule has 1 aliphatic carbocycles. The zero-order valence-electron chi connectivity index (χ0n) is 26.7. The molecule has 5 nitrogen and oxygen atoms in total. The van der Waals surface area contributed by atoms with Crippen molar-refractivity contribution in [2.75, 3.05) is 0 Å². The molecule has 4 rings (SSSR count). The number of rotatable bonds is 7. The van der Waals surface area contributed by atoms with Crippen molar-refractivity contribution < 1.29 is 23.2 Å². The van der Waals surface area contributed by atoms with Gasteiger partial charge in [-0.2, -0.15) is 0 Å². The van der Waals surface area contributed by atoms with Gasteiger partial charge in [-0.1, -0.05) is 51.1 Å². The summed E-state index contributed by atoms with van der Waals surface area (Å²) in [5.74, 6) is 1.05. The van der Waals surface area contributed by atoms with Gasteiger partial charge in [0.25, 0.3) is 8.32 Å². The van der Waals surface area contributed by atoms with Gasteiger partial charge in [0, 0.05) is 22.3 Å². The normalized spacial score (nSPS) is 13.7. The van der Waals surface area contributed by atoms with Gasteiger partial charge in [0.05, 0.1) is 17.2 Å². The predicted molar refractivity (Wildman–Crippen MR) is 172 cm³/mol. The fourth-order valence-electron chi connectivity index (χ4n) is 4.88. The fourth-order valence-corrected chi connectivity index (χ4v) is 6.77. The van der Waals surface area contributed by atoms with E-state index in [1.807, 2.05) is 64.1 Å². The first-order valence-electron chi connectivity index (χ1n) is 14.4. The molecule has 3 aromatic rings. The maximum atomic E-state index is 14.8. The highest BCUT2D eigenvalue weighted by molar-refractivity contribution is 6.74. The number of ether oxygens (including phenoxy) is 1. The van der Waals surface area contributed by atoms with Crippen LogP contribution in [0.5, 0.6) is 17.2 Å². The summed E-state index contributed by atoms with van der Waals surface area (Å²) < 4.78 is 19.8. The molecule has 0 atom stereocenters. The first kappa shape index (κ1) is 30.8. The summed E-state index contributed by atoms with van der Waals surface area (Å²) in [5, 5.41) is -0.120. The lowest BCUT2D eigenvalue weighted by molar-refractivity contribution is 0.0975. The third-order valence-electron chi connectivity index (χ3n) is 7.90. The summed E-state index contributed by atoms with van der Waals surface area (Å²) in [6.07, 6.45) is -0.110. The van der Waals surface area contributed by atoms with Crippen LogP contribution in [0.4, 0.5) is 0 Å².